The first kappa shape index (κ1) is 22.8. The Bertz CT molecular complexity index is 787. The fraction of sp³-hybridized carbons (Fsp3) is 0.522. The molecule has 0 amide bonds. The molecule has 2 rings (SSSR count). The average Bonchev–Trinajstić information content (AvgIpc) is 2.63. The molecule has 0 aromatic heterocycles. The molecule has 0 radical (unpaired) electrons. The summed E-state index contributed by atoms with van der Waals surface area (Å²) in [5.41, 5.74) is -4.16. The zero-order chi connectivity index (χ0) is 21.9. The van der Waals surface area contributed by atoms with E-state index in [0.29, 0.717) is 19.1 Å². The fourth-order valence-corrected chi connectivity index (χ4v) is 5.16. The normalized spacial score (nSPS) is 34.2. The Kier molecular flexibility index (Phi) is 6.68. The number of carboxylic acid groups (broad SMARTS) is 1. The van der Waals surface area contributed by atoms with Crippen molar-refractivity contribution < 1.29 is 29.3 Å². The zero-order valence-electron chi connectivity index (χ0n) is 17.4. The maximum Gasteiger partial charge on any atom is 0.341 e. The largest absolute Gasteiger partial charge is 0.479 e. The van der Waals surface area contributed by atoms with Crippen molar-refractivity contribution in [1.29, 1.82) is 0 Å². The number of esters is 1. The van der Waals surface area contributed by atoms with Crippen molar-refractivity contribution in [2.45, 2.75) is 58.7 Å². The maximum atomic E-state index is 12.4. The molecule has 158 valence electrons. The van der Waals surface area contributed by atoms with Gasteiger partial charge in [-0.25, -0.2) is 9.59 Å². The summed E-state index contributed by atoms with van der Waals surface area (Å²) < 4.78 is 5.66. The number of carbonyl (C=O) groups is 3. The molecule has 6 nitrogen and oxygen atoms in total. The second-order valence-corrected chi connectivity index (χ2v) is 8.66. The lowest BCUT2D eigenvalue weighted by Crippen LogP contribution is -2.66. The minimum Gasteiger partial charge on any atom is -0.479 e. The van der Waals surface area contributed by atoms with E-state index in [1.165, 1.54) is 12.2 Å². The highest BCUT2D eigenvalue weighted by Gasteiger charge is 2.67. The monoisotopic (exact) mass is 402 g/mol. The van der Waals surface area contributed by atoms with Crippen LogP contribution in [0.15, 0.2) is 48.1 Å². The van der Waals surface area contributed by atoms with E-state index in [9.17, 15) is 24.6 Å². The standard InChI is InChI=1S/C23H30O6/c1-5-6-7-8-9-11-18(25)29-17-14-16(15-24)23(28,20(26)27)22(4)13-10-12-21(2,3)19(17)22/h5-9,11,14-15,17,19,28H,10,12-13H2,1-4H3,(H,26,27)/b6-5+,8-7+,11-9+/t17-,19+,22+,23+/m1/s1. The number of carbonyl (C=O) groups excluding carboxylic acids is 2. The number of hydrogen-bond acceptors (Lipinski definition) is 5. The smallest absolute Gasteiger partial charge is 0.341 e. The molecule has 1 saturated carbocycles. The lowest BCUT2D eigenvalue weighted by molar-refractivity contribution is -0.202. The van der Waals surface area contributed by atoms with Crippen LogP contribution in [-0.4, -0.2) is 40.1 Å². The Morgan fingerprint density at radius 2 is 1.79 bits per heavy atom. The second-order valence-electron chi connectivity index (χ2n) is 8.66. The molecule has 29 heavy (non-hydrogen) atoms. The van der Waals surface area contributed by atoms with Crippen molar-refractivity contribution in [2.75, 3.05) is 0 Å². The maximum absolute atomic E-state index is 12.4. The van der Waals surface area contributed by atoms with Crippen LogP contribution in [0.1, 0.15) is 47.0 Å². The second kappa shape index (κ2) is 8.49. The number of fused-ring (bicyclic) bond motifs is 1. The van der Waals surface area contributed by atoms with Gasteiger partial charge in [-0.05, 0) is 31.3 Å². The molecular weight excluding hydrogens is 372 g/mol. The van der Waals surface area contributed by atoms with E-state index < -0.39 is 40.4 Å². The average molecular weight is 402 g/mol. The quantitative estimate of drug-likeness (QED) is 0.306. The van der Waals surface area contributed by atoms with Gasteiger partial charge in [-0.2, -0.15) is 0 Å². The highest BCUT2D eigenvalue weighted by atomic mass is 16.5. The number of ether oxygens (including phenoxy) is 1. The molecule has 0 aromatic carbocycles. The number of carboxylic acids is 1. The molecule has 0 heterocycles. The summed E-state index contributed by atoms with van der Waals surface area (Å²) in [6, 6.07) is 0. The van der Waals surface area contributed by atoms with Gasteiger partial charge < -0.3 is 14.9 Å². The van der Waals surface area contributed by atoms with Crippen LogP contribution in [0.25, 0.3) is 0 Å². The van der Waals surface area contributed by atoms with Crippen LogP contribution in [0, 0.1) is 16.7 Å². The van der Waals surface area contributed by atoms with Crippen LogP contribution < -0.4 is 0 Å². The van der Waals surface area contributed by atoms with E-state index in [0.717, 1.165) is 6.42 Å². The minimum atomic E-state index is -2.33. The first-order chi connectivity index (χ1) is 13.5. The number of aliphatic hydroxyl groups is 1. The molecule has 4 atom stereocenters. The van der Waals surface area contributed by atoms with E-state index in [4.69, 9.17) is 4.74 Å². The van der Waals surface area contributed by atoms with Gasteiger partial charge in [-0.1, -0.05) is 57.6 Å². The lowest BCUT2D eigenvalue weighted by atomic mass is 9.46. The van der Waals surface area contributed by atoms with Crippen molar-refractivity contribution in [1.82, 2.24) is 0 Å². The van der Waals surface area contributed by atoms with E-state index in [1.807, 2.05) is 32.9 Å². The number of aldehydes is 1. The van der Waals surface area contributed by atoms with Gasteiger partial charge in [0.25, 0.3) is 0 Å². The molecular formula is C23H30O6. The summed E-state index contributed by atoms with van der Waals surface area (Å²) in [6.07, 6.45) is 12.7. The Morgan fingerprint density at radius 1 is 1.14 bits per heavy atom. The van der Waals surface area contributed by atoms with E-state index in [2.05, 4.69) is 0 Å². The van der Waals surface area contributed by atoms with Crippen molar-refractivity contribution >= 4 is 18.2 Å². The Hall–Kier alpha value is -2.47. The molecule has 6 heteroatoms. The van der Waals surface area contributed by atoms with Crippen LogP contribution in [0.5, 0.6) is 0 Å². The Morgan fingerprint density at radius 3 is 2.38 bits per heavy atom. The van der Waals surface area contributed by atoms with Gasteiger partial charge in [-0.3, -0.25) is 4.79 Å². The van der Waals surface area contributed by atoms with Gasteiger partial charge in [0.1, 0.15) is 12.4 Å². The number of aliphatic carboxylic acids is 1. The molecule has 2 N–H and O–H groups in total. The third-order valence-electron chi connectivity index (χ3n) is 6.41. The molecule has 2 aliphatic carbocycles. The van der Waals surface area contributed by atoms with Gasteiger partial charge in [0, 0.05) is 23.0 Å². The van der Waals surface area contributed by atoms with Crippen LogP contribution in [0.3, 0.4) is 0 Å². The highest BCUT2D eigenvalue weighted by Crippen LogP contribution is 2.61. The van der Waals surface area contributed by atoms with Crippen molar-refractivity contribution in [3.05, 3.63) is 48.1 Å². The number of rotatable bonds is 6. The number of hydrogen-bond donors (Lipinski definition) is 2. The van der Waals surface area contributed by atoms with Gasteiger partial charge in [0.05, 0.1) is 0 Å². The van der Waals surface area contributed by atoms with Crippen LogP contribution in [0.2, 0.25) is 0 Å². The topological polar surface area (TPSA) is 101 Å². The van der Waals surface area contributed by atoms with E-state index >= 15 is 0 Å². The van der Waals surface area contributed by atoms with Gasteiger partial charge in [-0.15, -0.1) is 0 Å². The number of allylic oxidation sites excluding steroid dienone is 5. The van der Waals surface area contributed by atoms with Crippen LogP contribution in [0.4, 0.5) is 0 Å². The molecule has 0 unspecified atom stereocenters. The summed E-state index contributed by atoms with van der Waals surface area (Å²) in [5, 5.41) is 21.0. The van der Waals surface area contributed by atoms with Crippen molar-refractivity contribution in [3.8, 4) is 0 Å². The van der Waals surface area contributed by atoms with Gasteiger partial charge >= 0.3 is 11.9 Å². The molecule has 0 aromatic rings. The Balaban J connectivity index is 2.47. The molecule has 0 aliphatic heterocycles. The van der Waals surface area contributed by atoms with Crippen LogP contribution >= 0.6 is 0 Å². The van der Waals surface area contributed by atoms with E-state index in [-0.39, 0.29) is 5.57 Å². The summed E-state index contributed by atoms with van der Waals surface area (Å²) in [6.45, 7) is 7.52. The summed E-state index contributed by atoms with van der Waals surface area (Å²) in [7, 11) is 0. The molecule has 0 bridgehead atoms. The van der Waals surface area contributed by atoms with Crippen LogP contribution in [-0.2, 0) is 19.1 Å². The molecule has 0 spiro atoms. The van der Waals surface area contributed by atoms with Crippen molar-refractivity contribution in [2.24, 2.45) is 16.7 Å². The predicted octanol–water partition coefficient (Wildman–Crippen LogP) is 3.37. The molecule has 2 aliphatic rings. The summed E-state index contributed by atoms with van der Waals surface area (Å²) >= 11 is 0. The fourth-order valence-electron chi connectivity index (χ4n) is 5.16. The third-order valence-corrected chi connectivity index (χ3v) is 6.41. The lowest BCUT2D eigenvalue weighted by Gasteiger charge is -2.59. The van der Waals surface area contributed by atoms with E-state index in [1.54, 1.807) is 25.2 Å². The third kappa shape index (κ3) is 3.99. The Labute approximate surface area is 171 Å². The van der Waals surface area contributed by atoms with Gasteiger partial charge in [0.2, 0.25) is 0 Å². The van der Waals surface area contributed by atoms with Gasteiger partial charge in [0.15, 0.2) is 5.60 Å². The first-order valence-electron chi connectivity index (χ1n) is 9.84. The molecule has 1 fully saturated rings. The molecule has 0 saturated heterocycles. The summed E-state index contributed by atoms with van der Waals surface area (Å²) in [5.74, 6) is -2.52. The van der Waals surface area contributed by atoms with Crippen molar-refractivity contribution in [3.63, 3.8) is 0 Å². The SMILES string of the molecule is C/C=C/C=C/C=C/C(=O)O[C@@H]1C=C(C=O)[C@](O)(C(=O)O)[C@@]2(C)CCCC(C)(C)[C@H]12. The predicted molar refractivity (Wildman–Crippen MR) is 109 cm³/mol. The first-order valence-corrected chi connectivity index (χ1v) is 9.84. The summed E-state index contributed by atoms with van der Waals surface area (Å²) in [4.78, 5) is 36.2. The highest BCUT2D eigenvalue weighted by molar-refractivity contribution is 5.94. The zero-order valence-corrected chi connectivity index (χ0v) is 17.4. The minimum absolute atomic E-state index is 0.267.